The van der Waals surface area contributed by atoms with Gasteiger partial charge in [-0.1, -0.05) is 48.8 Å². The number of aromatic nitrogens is 4. The Morgan fingerprint density at radius 3 is 2.35 bits per heavy atom. The molecule has 4 heterocycles. The van der Waals surface area contributed by atoms with Gasteiger partial charge in [0, 0.05) is 42.5 Å². The maximum absolute atomic E-state index is 13.1. The molecule has 3 aromatic heterocycles. The van der Waals surface area contributed by atoms with Crippen LogP contribution in [-0.2, 0) is 13.1 Å². The molecule has 1 aliphatic rings. The summed E-state index contributed by atoms with van der Waals surface area (Å²) in [7, 11) is 0. The Morgan fingerprint density at radius 1 is 1.03 bits per heavy atom. The molecular formula is C25H30N6O2S. The highest BCUT2D eigenvalue weighted by Gasteiger charge is 2.22. The second-order valence-electron chi connectivity index (χ2n) is 9.35. The molecule has 0 unspecified atom stereocenters. The van der Waals surface area contributed by atoms with Crippen LogP contribution in [0.3, 0.4) is 0 Å². The smallest absolute Gasteiger partial charge is 0.260 e. The Bertz CT molecular complexity index is 1350. The zero-order valence-corrected chi connectivity index (χ0v) is 20.9. The molecule has 0 radical (unpaired) electrons. The van der Waals surface area contributed by atoms with E-state index in [-0.39, 0.29) is 11.5 Å². The average Bonchev–Trinajstić information content (AvgIpc) is 3.40. The minimum Gasteiger partial charge on any atom is -0.338 e. The number of piperazine rings is 1. The molecule has 1 N–H and O–H groups in total. The molecule has 0 spiro atoms. The summed E-state index contributed by atoms with van der Waals surface area (Å²) in [6.07, 6.45) is 0. The zero-order chi connectivity index (χ0) is 23.8. The summed E-state index contributed by atoms with van der Waals surface area (Å²) in [5, 5.41) is 4.75. The number of nitrogens with one attached hydrogen (secondary N) is 1. The lowest BCUT2D eigenvalue weighted by Gasteiger charge is -2.33. The summed E-state index contributed by atoms with van der Waals surface area (Å²) in [5.41, 5.74) is 3.20. The van der Waals surface area contributed by atoms with Crippen molar-refractivity contribution in [2.24, 2.45) is 0 Å². The molecule has 0 saturated carbocycles. The van der Waals surface area contributed by atoms with E-state index < -0.39 is 0 Å². The van der Waals surface area contributed by atoms with Gasteiger partial charge < -0.3 is 9.51 Å². The number of benzene rings is 1. The predicted octanol–water partition coefficient (Wildman–Crippen LogP) is 4.09. The fraction of sp³-hybridized carbons (Fsp3) is 0.440. The van der Waals surface area contributed by atoms with E-state index in [2.05, 4.69) is 76.9 Å². The highest BCUT2D eigenvalue weighted by atomic mass is 32.1. The Kier molecular flexibility index (Phi) is 6.33. The largest absolute Gasteiger partial charge is 0.338 e. The molecule has 8 nitrogen and oxygen atoms in total. The van der Waals surface area contributed by atoms with Crippen LogP contribution in [0.4, 0.5) is 0 Å². The van der Waals surface area contributed by atoms with Crippen molar-refractivity contribution in [2.45, 2.75) is 46.7 Å². The first kappa shape index (κ1) is 22.9. The van der Waals surface area contributed by atoms with E-state index in [9.17, 15) is 4.79 Å². The lowest BCUT2D eigenvalue weighted by atomic mass is 10.0. The Hall–Kier alpha value is -2.88. The van der Waals surface area contributed by atoms with Crippen molar-refractivity contribution in [3.05, 3.63) is 62.6 Å². The van der Waals surface area contributed by atoms with Crippen LogP contribution in [0.25, 0.3) is 21.3 Å². The third kappa shape index (κ3) is 4.68. The number of thiophene rings is 1. The van der Waals surface area contributed by atoms with Crippen LogP contribution in [-0.4, -0.2) is 56.1 Å². The first-order valence-corrected chi connectivity index (χ1v) is 12.6. The first-order chi connectivity index (χ1) is 16.4. The summed E-state index contributed by atoms with van der Waals surface area (Å²) in [4.78, 5) is 32.0. The van der Waals surface area contributed by atoms with Gasteiger partial charge in [0.2, 0.25) is 5.89 Å². The number of nitrogens with zero attached hydrogens (tertiary/aromatic N) is 5. The minimum atomic E-state index is -0.0593. The first-order valence-electron chi connectivity index (χ1n) is 11.7. The molecule has 1 aromatic carbocycles. The van der Waals surface area contributed by atoms with Crippen LogP contribution in [0.1, 0.15) is 47.7 Å². The van der Waals surface area contributed by atoms with Crippen LogP contribution < -0.4 is 5.56 Å². The molecule has 0 atom stereocenters. The van der Waals surface area contributed by atoms with Crippen molar-refractivity contribution in [3.8, 4) is 11.1 Å². The number of rotatable bonds is 6. The van der Waals surface area contributed by atoms with Gasteiger partial charge in [-0.3, -0.25) is 14.6 Å². The fourth-order valence-corrected chi connectivity index (χ4v) is 5.45. The van der Waals surface area contributed by atoms with Gasteiger partial charge in [-0.25, -0.2) is 4.98 Å². The molecular weight excluding hydrogens is 448 g/mol. The molecule has 178 valence electrons. The Balaban J connectivity index is 1.27. The van der Waals surface area contributed by atoms with E-state index in [0.29, 0.717) is 24.4 Å². The third-order valence-electron chi connectivity index (χ3n) is 6.32. The summed E-state index contributed by atoms with van der Waals surface area (Å²) in [6, 6.07) is 8.31. The van der Waals surface area contributed by atoms with Gasteiger partial charge in [0.15, 0.2) is 5.82 Å². The van der Waals surface area contributed by atoms with Crippen molar-refractivity contribution in [3.63, 3.8) is 0 Å². The fourth-order valence-electron chi connectivity index (χ4n) is 4.38. The molecule has 34 heavy (non-hydrogen) atoms. The van der Waals surface area contributed by atoms with E-state index in [0.717, 1.165) is 58.7 Å². The van der Waals surface area contributed by atoms with Crippen LogP contribution in [0.2, 0.25) is 0 Å². The highest BCUT2D eigenvalue weighted by molar-refractivity contribution is 7.19. The monoisotopic (exact) mass is 478 g/mol. The molecule has 4 aromatic rings. The maximum atomic E-state index is 13.1. The molecule has 5 rings (SSSR count). The van der Waals surface area contributed by atoms with Crippen molar-refractivity contribution in [1.82, 2.24) is 29.9 Å². The average molecular weight is 479 g/mol. The van der Waals surface area contributed by atoms with Crippen molar-refractivity contribution in [2.75, 3.05) is 26.2 Å². The SMILES string of the molecule is Cc1ccc(-c2c(C)sc3nc(CN4CCN(Cc5nc(C(C)C)no5)CC4)[nH]c(=O)c23)cc1. The van der Waals surface area contributed by atoms with Crippen molar-refractivity contribution < 1.29 is 4.52 Å². The zero-order valence-electron chi connectivity index (χ0n) is 20.1. The lowest BCUT2D eigenvalue weighted by Crippen LogP contribution is -2.45. The second-order valence-corrected chi connectivity index (χ2v) is 10.5. The summed E-state index contributed by atoms with van der Waals surface area (Å²) < 4.78 is 5.39. The van der Waals surface area contributed by atoms with Crippen LogP contribution in [0, 0.1) is 13.8 Å². The molecule has 0 aliphatic carbocycles. The maximum Gasteiger partial charge on any atom is 0.260 e. The van der Waals surface area contributed by atoms with Crippen molar-refractivity contribution >= 4 is 21.6 Å². The predicted molar refractivity (Wildman–Crippen MR) is 134 cm³/mol. The normalized spacial score (nSPS) is 15.6. The van der Waals surface area contributed by atoms with E-state index in [1.165, 1.54) is 5.56 Å². The molecule has 0 bridgehead atoms. The van der Waals surface area contributed by atoms with E-state index in [1.54, 1.807) is 11.3 Å². The molecule has 0 amide bonds. The van der Waals surface area contributed by atoms with E-state index >= 15 is 0 Å². The Morgan fingerprint density at radius 2 is 1.71 bits per heavy atom. The van der Waals surface area contributed by atoms with Gasteiger partial charge in [0.1, 0.15) is 10.7 Å². The van der Waals surface area contributed by atoms with Gasteiger partial charge in [0.05, 0.1) is 18.5 Å². The number of H-pyrrole nitrogens is 1. The number of aryl methyl sites for hydroxylation is 2. The van der Waals surface area contributed by atoms with Gasteiger partial charge in [-0.2, -0.15) is 4.98 Å². The minimum absolute atomic E-state index is 0.0593. The van der Waals surface area contributed by atoms with Crippen LogP contribution in [0.5, 0.6) is 0 Å². The Labute approximate surface area is 202 Å². The third-order valence-corrected chi connectivity index (χ3v) is 7.32. The molecule has 1 fully saturated rings. The molecule has 1 saturated heterocycles. The summed E-state index contributed by atoms with van der Waals surface area (Å²) >= 11 is 1.59. The van der Waals surface area contributed by atoms with Crippen LogP contribution in [0.15, 0.2) is 33.6 Å². The number of fused-ring (bicyclic) bond motifs is 1. The number of aromatic amines is 1. The van der Waals surface area contributed by atoms with E-state index in [1.807, 2.05) is 0 Å². The van der Waals surface area contributed by atoms with Gasteiger partial charge in [0.25, 0.3) is 5.56 Å². The topological polar surface area (TPSA) is 91.2 Å². The summed E-state index contributed by atoms with van der Waals surface area (Å²) in [5.74, 6) is 2.42. The van der Waals surface area contributed by atoms with Crippen LogP contribution >= 0.6 is 11.3 Å². The highest BCUT2D eigenvalue weighted by Crippen LogP contribution is 2.35. The molecule has 9 heteroatoms. The van der Waals surface area contributed by atoms with Crippen molar-refractivity contribution in [1.29, 1.82) is 0 Å². The summed E-state index contributed by atoms with van der Waals surface area (Å²) in [6.45, 7) is 13.1. The number of hydrogen-bond acceptors (Lipinski definition) is 8. The lowest BCUT2D eigenvalue weighted by molar-refractivity contribution is 0.110. The molecule has 1 aliphatic heterocycles. The van der Waals surface area contributed by atoms with Gasteiger partial charge >= 0.3 is 0 Å². The quantitative estimate of drug-likeness (QED) is 0.446. The number of hydrogen-bond donors (Lipinski definition) is 1. The van der Waals surface area contributed by atoms with Gasteiger partial charge in [-0.05, 0) is 19.4 Å². The van der Waals surface area contributed by atoms with E-state index in [4.69, 9.17) is 9.51 Å². The van der Waals surface area contributed by atoms with Gasteiger partial charge in [-0.15, -0.1) is 11.3 Å². The standard InChI is InChI=1S/C25H30N6O2S/c1-15(2)23-28-20(33-29-23)14-31-11-9-30(10-12-31)13-19-26-24(32)22-21(17(4)34-25(22)27-19)18-7-5-16(3)6-8-18/h5-8,15H,9-14H2,1-4H3,(H,26,27,32). The second kappa shape index (κ2) is 9.40.